The Labute approximate surface area is 125 Å². The molecule has 0 aromatic heterocycles. The molecule has 21 heavy (non-hydrogen) atoms. The number of carbonyl (C=O) groups is 1. The molecule has 0 unspecified atom stereocenters. The van der Waals surface area contributed by atoms with Gasteiger partial charge in [0.2, 0.25) is 0 Å². The second-order valence-electron chi connectivity index (χ2n) is 6.42. The van der Waals surface area contributed by atoms with E-state index in [1.165, 1.54) is 6.42 Å². The first-order chi connectivity index (χ1) is 9.98. The Morgan fingerprint density at radius 2 is 1.71 bits per heavy atom. The van der Waals surface area contributed by atoms with Crippen molar-refractivity contribution in [2.75, 3.05) is 6.61 Å². The number of ether oxygens (including phenoxy) is 1. The van der Waals surface area contributed by atoms with Crippen molar-refractivity contribution in [1.82, 2.24) is 0 Å². The zero-order chi connectivity index (χ0) is 15.0. The molecule has 0 amide bonds. The van der Waals surface area contributed by atoms with Crippen molar-refractivity contribution in [2.24, 2.45) is 29.6 Å². The molecule has 0 aromatic carbocycles. The van der Waals surface area contributed by atoms with E-state index in [1.54, 1.807) is 0 Å². The monoisotopic (exact) mass is 323 g/mol. The second kappa shape index (κ2) is 5.98. The minimum absolute atomic E-state index is 0.240. The zero-order valence-electron chi connectivity index (χ0n) is 11.3. The third-order valence-electron chi connectivity index (χ3n) is 5.07. The van der Waals surface area contributed by atoms with E-state index in [-0.39, 0.29) is 17.8 Å². The summed E-state index contributed by atoms with van der Waals surface area (Å²) < 4.78 is 34.9. The Morgan fingerprint density at radius 1 is 1.14 bits per heavy atom. The summed E-state index contributed by atoms with van der Waals surface area (Å²) in [4.78, 5) is 12.2. The summed E-state index contributed by atoms with van der Waals surface area (Å²) in [5, 5.41) is 8.92. The SMILES string of the molecule is O=C(OCC(F)(F)SOO[O-])C1C2CC3CC(C2)CC1C3. The van der Waals surface area contributed by atoms with E-state index in [0.29, 0.717) is 11.8 Å². The van der Waals surface area contributed by atoms with Gasteiger partial charge in [-0.25, -0.2) is 0 Å². The quantitative estimate of drug-likeness (QED) is 0.323. The molecule has 120 valence electrons. The van der Waals surface area contributed by atoms with Crippen LogP contribution in [0.5, 0.6) is 0 Å². The average Bonchev–Trinajstić information content (AvgIpc) is 2.42. The molecule has 0 spiro atoms. The molecule has 4 rings (SSSR count). The number of carbonyl (C=O) groups excluding carboxylic acids is 1. The fourth-order valence-electron chi connectivity index (χ4n) is 4.65. The topological polar surface area (TPSA) is 67.8 Å². The number of hydrogen-bond donors (Lipinski definition) is 0. The largest absolute Gasteiger partial charge is 0.691 e. The first-order valence-corrected chi connectivity index (χ1v) is 7.91. The normalized spacial score (nSPS) is 37.8. The van der Waals surface area contributed by atoms with Gasteiger partial charge in [0, 0.05) is 0 Å². The van der Waals surface area contributed by atoms with Gasteiger partial charge in [0.05, 0.1) is 5.92 Å². The van der Waals surface area contributed by atoms with Crippen molar-refractivity contribution < 1.29 is 32.9 Å². The summed E-state index contributed by atoms with van der Waals surface area (Å²) in [6.07, 6.45) is 5.34. The summed E-state index contributed by atoms with van der Waals surface area (Å²) in [5.74, 6) is 1.21. The molecule has 4 aliphatic rings. The molecule has 0 aromatic rings. The van der Waals surface area contributed by atoms with Crippen LogP contribution >= 0.6 is 12.0 Å². The van der Waals surface area contributed by atoms with E-state index in [9.17, 15) is 18.8 Å². The van der Waals surface area contributed by atoms with Gasteiger partial charge in [0.15, 0.2) is 6.61 Å². The molecule has 4 fully saturated rings. The molecule has 4 saturated carbocycles. The van der Waals surface area contributed by atoms with Gasteiger partial charge in [-0.3, -0.25) is 9.83 Å². The van der Waals surface area contributed by atoms with Gasteiger partial charge in [0.25, 0.3) is 0 Å². The first kappa shape index (κ1) is 15.5. The number of hydrogen-bond acceptors (Lipinski definition) is 6. The van der Waals surface area contributed by atoms with E-state index in [0.717, 1.165) is 25.7 Å². The van der Waals surface area contributed by atoms with Crippen molar-refractivity contribution in [3.63, 3.8) is 0 Å². The van der Waals surface area contributed by atoms with Crippen LogP contribution in [-0.2, 0) is 18.9 Å². The molecule has 0 atom stereocenters. The molecule has 0 N–H and O–H groups in total. The number of alkyl halides is 2. The van der Waals surface area contributed by atoms with Crippen LogP contribution in [0.15, 0.2) is 0 Å². The lowest BCUT2D eigenvalue weighted by Gasteiger charge is -2.53. The van der Waals surface area contributed by atoms with Crippen molar-refractivity contribution >= 4 is 18.0 Å². The Balaban J connectivity index is 1.54. The lowest BCUT2D eigenvalue weighted by molar-refractivity contribution is -0.777. The van der Waals surface area contributed by atoms with Crippen LogP contribution in [0.2, 0.25) is 0 Å². The van der Waals surface area contributed by atoms with E-state index in [1.807, 2.05) is 0 Å². The molecule has 0 saturated heterocycles. The Morgan fingerprint density at radius 3 is 2.24 bits per heavy atom. The molecule has 0 radical (unpaired) electrons. The van der Waals surface area contributed by atoms with E-state index in [2.05, 4.69) is 9.37 Å². The molecular weight excluding hydrogens is 306 g/mol. The molecule has 5 nitrogen and oxygen atoms in total. The Bertz CT molecular complexity index is 378. The summed E-state index contributed by atoms with van der Waals surface area (Å²) >= 11 is -0.449. The fraction of sp³-hybridized carbons (Fsp3) is 0.923. The summed E-state index contributed by atoms with van der Waals surface area (Å²) in [6.45, 7) is -1.11. The molecule has 4 aliphatic carbocycles. The first-order valence-electron chi connectivity index (χ1n) is 7.17. The smallest absolute Gasteiger partial charge is 0.354 e. The van der Waals surface area contributed by atoms with Crippen LogP contribution in [0, 0.1) is 29.6 Å². The highest BCUT2D eigenvalue weighted by atomic mass is 32.2. The third kappa shape index (κ3) is 3.33. The van der Waals surface area contributed by atoms with Gasteiger partial charge >= 0.3 is 11.2 Å². The van der Waals surface area contributed by atoms with E-state index < -0.39 is 29.9 Å². The maximum atomic E-state index is 13.2. The van der Waals surface area contributed by atoms with Crippen LogP contribution in [0.4, 0.5) is 8.78 Å². The van der Waals surface area contributed by atoms with Crippen LogP contribution in [0.3, 0.4) is 0 Å². The molecular formula is C13H17F2O5S-. The maximum absolute atomic E-state index is 13.2. The van der Waals surface area contributed by atoms with E-state index >= 15 is 0 Å². The highest BCUT2D eigenvalue weighted by Gasteiger charge is 2.51. The summed E-state index contributed by atoms with van der Waals surface area (Å²) in [6, 6.07) is 0. The third-order valence-corrected chi connectivity index (χ3v) is 5.55. The van der Waals surface area contributed by atoms with Crippen LogP contribution in [0.25, 0.3) is 0 Å². The standard InChI is InChI=1S/C13H18F2O5S/c14-13(15,21-20-19-17)6-18-12(16)11-9-2-7-1-8(4-9)5-10(11)3-7/h7-11,17H,1-6H2/p-1. The average molecular weight is 323 g/mol. The van der Waals surface area contributed by atoms with Crippen molar-refractivity contribution in [3.8, 4) is 0 Å². The van der Waals surface area contributed by atoms with Gasteiger partial charge in [-0.1, -0.05) is 0 Å². The van der Waals surface area contributed by atoms with Gasteiger partial charge < -0.3 is 9.99 Å². The molecule has 8 heteroatoms. The van der Waals surface area contributed by atoms with Crippen molar-refractivity contribution in [3.05, 3.63) is 0 Å². The Hall–Kier alpha value is -0.440. The van der Waals surface area contributed by atoms with Crippen LogP contribution < -0.4 is 5.26 Å². The van der Waals surface area contributed by atoms with Gasteiger partial charge in [-0.2, -0.15) is 13.1 Å². The molecule has 0 aliphatic heterocycles. The maximum Gasteiger partial charge on any atom is 0.354 e. The predicted octanol–water partition coefficient (Wildman–Crippen LogP) is 2.07. The fourth-order valence-corrected chi connectivity index (χ4v) is 4.88. The molecule has 0 heterocycles. The van der Waals surface area contributed by atoms with Crippen molar-refractivity contribution in [1.29, 1.82) is 0 Å². The lowest BCUT2D eigenvalue weighted by atomic mass is 9.52. The highest BCUT2D eigenvalue weighted by molar-refractivity contribution is 7.95. The molecule has 4 bridgehead atoms. The highest BCUT2D eigenvalue weighted by Crippen LogP contribution is 2.56. The number of esters is 1. The Kier molecular flexibility index (Phi) is 4.40. The number of halogens is 2. The zero-order valence-corrected chi connectivity index (χ0v) is 12.2. The van der Waals surface area contributed by atoms with Crippen molar-refractivity contribution in [2.45, 2.75) is 37.4 Å². The van der Waals surface area contributed by atoms with Gasteiger partial charge in [0.1, 0.15) is 12.0 Å². The minimum atomic E-state index is -3.49. The van der Waals surface area contributed by atoms with Gasteiger partial charge in [-0.15, -0.1) is 0 Å². The lowest BCUT2D eigenvalue weighted by Crippen LogP contribution is -2.48. The van der Waals surface area contributed by atoms with Crippen LogP contribution in [0.1, 0.15) is 32.1 Å². The second-order valence-corrected chi connectivity index (χ2v) is 7.32. The number of rotatable bonds is 6. The summed E-state index contributed by atoms with van der Waals surface area (Å²) in [5.41, 5.74) is 0. The minimum Gasteiger partial charge on any atom is -0.691 e. The summed E-state index contributed by atoms with van der Waals surface area (Å²) in [7, 11) is 0. The van der Waals surface area contributed by atoms with Gasteiger partial charge in [-0.05, 0) is 55.8 Å². The predicted molar refractivity (Wildman–Crippen MR) is 66.2 cm³/mol. The van der Waals surface area contributed by atoms with E-state index in [4.69, 9.17) is 4.74 Å². The van der Waals surface area contributed by atoms with Crippen LogP contribution in [-0.4, -0.2) is 17.8 Å².